The molecule has 1 saturated heterocycles. The van der Waals surface area contributed by atoms with Gasteiger partial charge in [-0.3, -0.25) is 5.32 Å². The fraction of sp³-hybridized carbons (Fsp3) is 0.929. The molecule has 0 radical (unpaired) electrons. The number of hydrogen-bond donors (Lipinski definition) is 1. The number of carbonyl (C=O) groups is 1. The van der Waals surface area contributed by atoms with Crippen molar-refractivity contribution in [1.82, 2.24) is 5.32 Å². The van der Waals surface area contributed by atoms with E-state index < -0.39 is 5.54 Å². The lowest BCUT2D eigenvalue weighted by Gasteiger charge is -2.49. The van der Waals surface area contributed by atoms with Crippen molar-refractivity contribution in [3.63, 3.8) is 0 Å². The molecule has 0 spiro atoms. The first-order chi connectivity index (χ1) is 8.39. The number of nitrogens with one attached hydrogen (secondary N) is 1. The van der Waals surface area contributed by atoms with Crippen molar-refractivity contribution in [2.45, 2.75) is 59.0 Å². The van der Waals surface area contributed by atoms with E-state index in [4.69, 9.17) is 4.74 Å². The van der Waals surface area contributed by atoms with Gasteiger partial charge in [0.25, 0.3) is 0 Å². The maximum Gasteiger partial charge on any atom is 0.327 e. The van der Waals surface area contributed by atoms with Gasteiger partial charge in [-0.1, -0.05) is 20.8 Å². The van der Waals surface area contributed by atoms with Gasteiger partial charge in [0.15, 0.2) is 0 Å². The predicted octanol–water partition coefficient (Wildman–Crippen LogP) is 2.84. The fourth-order valence-corrected chi connectivity index (χ4v) is 4.07. The molecule has 0 aliphatic carbocycles. The first-order valence-electron chi connectivity index (χ1n) is 6.92. The molecule has 0 amide bonds. The van der Waals surface area contributed by atoms with Crippen LogP contribution >= 0.6 is 11.8 Å². The Hall–Kier alpha value is -0.220. The van der Waals surface area contributed by atoms with Crippen LogP contribution in [0.5, 0.6) is 0 Å². The summed E-state index contributed by atoms with van der Waals surface area (Å²) in [6.07, 6.45) is 2.06. The van der Waals surface area contributed by atoms with Crippen LogP contribution < -0.4 is 5.32 Å². The van der Waals surface area contributed by atoms with Crippen molar-refractivity contribution in [1.29, 1.82) is 0 Å². The molecule has 3 nitrogen and oxygen atoms in total. The highest BCUT2D eigenvalue weighted by atomic mass is 32.2. The van der Waals surface area contributed by atoms with Gasteiger partial charge in [-0.2, -0.15) is 11.8 Å². The summed E-state index contributed by atoms with van der Waals surface area (Å²) in [5.41, 5.74) is -0.602. The maximum atomic E-state index is 12.5. The average Bonchev–Trinajstić information content (AvgIpc) is 2.31. The van der Waals surface area contributed by atoms with E-state index in [-0.39, 0.29) is 11.4 Å². The van der Waals surface area contributed by atoms with Gasteiger partial charge >= 0.3 is 5.97 Å². The van der Waals surface area contributed by atoms with Crippen molar-refractivity contribution < 1.29 is 9.53 Å². The van der Waals surface area contributed by atoms with Crippen molar-refractivity contribution >= 4 is 17.7 Å². The lowest BCUT2D eigenvalue weighted by atomic mass is 9.70. The first kappa shape index (κ1) is 15.8. The highest BCUT2D eigenvalue weighted by Gasteiger charge is 2.54. The fourth-order valence-electron chi connectivity index (χ4n) is 2.37. The summed E-state index contributed by atoms with van der Waals surface area (Å²) in [5.74, 6) is 1.85. The van der Waals surface area contributed by atoms with E-state index in [1.165, 1.54) is 0 Å². The second kappa shape index (κ2) is 6.29. The largest absolute Gasteiger partial charge is 0.465 e. The maximum absolute atomic E-state index is 12.5. The Morgan fingerprint density at radius 3 is 2.61 bits per heavy atom. The summed E-state index contributed by atoms with van der Waals surface area (Å²) in [5, 5.41) is 3.56. The normalized spacial score (nSPS) is 28.7. The summed E-state index contributed by atoms with van der Waals surface area (Å²) in [4.78, 5) is 12.5. The molecule has 2 atom stereocenters. The van der Waals surface area contributed by atoms with E-state index in [0.717, 1.165) is 24.3 Å². The van der Waals surface area contributed by atoms with E-state index >= 15 is 0 Å². The minimum absolute atomic E-state index is 0.0616. The van der Waals surface area contributed by atoms with E-state index in [2.05, 4.69) is 33.0 Å². The molecule has 1 aliphatic rings. The monoisotopic (exact) mass is 273 g/mol. The van der Waals surface area contributed by atoms with Gasteiger partial charge in [-0.25, -0.2) is 4.79 Å². The Kier molecular flexibility index (Phi) is 5.53. The number of hydrogen-bond acceptors (Lipinski definition) is 4. The van der Waals surface area contributed by atoms with Crippen LogP contribution in [0, 0.1) is 5.41 Å². The molecule has 1 fully saturated rings. The Morgan fingerprint density at radius 2 is 2.11 bits per heavy atom. The van der Waals surface area contributed by atoms with Crippen LogP contribution in [0.2, 0.25) is 0 Å². The second-order valence-electron chi connectivity index (χ2n) is 5.77. The van der Waals surface area contributed by atoms with Gasteiger partial charge in [0.2, 0.25) is 0 Å². The van der Waals surface area contributed by atoms with Gasteiger partial charge in [0, 0.05) is 11.8 Å². The summed E-state index contributed by atoms with van der Waals surface area (Å²) in [6.45, 7) is 11.0. The summed E-state index contributed by atoms with van der Waals surface area (Å²) in [7, 11) is 0. The molecule has 106 valence electrons. The van der Waals surface area contributed by atoms with Gasteiger partial charge in [-0.15, -0.1) is 0 Å². The summed E-state index contributed by atoms with van der Waals surface area (Å²) < 4.78 is 5.35. The Morgan fingerprint density at radius 1 is 1.44 bits per heavy atom. The van der Waals surface area contributed by atoms with Crippen molar-refractivity contribution in [2.24, 2.45) is 5.41 Å². The molecule has 1 N–H and O–H groups in total. The SMILES string of the molecule is CCOC(=O)C1(NC(C)CC)CSCCC1(C)C. The van der Waals surface area contributed by atoms with E-state index in [9.17, 15) is 4.79 Å². The van der Waals surface area contributed by atoms with Crippen LogP contribution in [-0.4, -0.2) is 35.7 Å². The smallest absolute Gasteiger partial charge is 0.327 e. The molecule has 0 aromatic heterocycles. The van der Waals surface area contributed by atoms with Gasteiger partial charge in [-0.05, 0) is 37.9 Å². The molecular weight excluding hydrogens is 246 g/mol. The van der Waals surface area contributed by atoms with Crippen LogP contribution in [0.15, 0.2) is 0 Å². The molecule has 4 heteroatoms. The zero-order chi connectivity index (χ0) is 13.8. The second-order valence-corrected chi connectivity index (χ2v) is 6.87. The Labute approximate surface area is 115 Å². The topological polar surface area (TPSA) is 38.3 Å². The van der Waals surface area contributed by atoms with Crippen LogP contribution in [0.1, 0.15) is 47.5 Å². The average molecular weight is 273 g/mol. The van der Waals surface area contributed by atoms with E-state index in [1.54, 1.807) is 0 Å². The first-order valence-corrected chi connectivity index (χ1v) is 8.07. The molecule has 2 unspecified atom stereocenters. The molecule has 0 aromatic rings. The lowest BCUT2D eigenvalue weighted by Crippen LogP contribution is -2.67. The van der Waals surface area contributed by atoms with E-state index in [0.29, 0.717) is 12.6 Å². The molecule has 1 heterocycles. The third-order valence-corrected chi connectivity index (χ3v) is 5.20. The third-order valence-electron chi connectivity index (χ3n) is 4.07. The Balaban J connectivity index is 3.02. The molecule has 0 saturated carbocycles. The number of carbonyl (C=O) groups excluding carboxylic acids is 1. The minimum Gasteiger partial charge on any atom is -0.465 e. The Bertz CT molecular complexity index is 294. The number of esters is 1. The quantitative estimate of drug-likeness (QED) is 0.782. The standard InChI is InChI=1S/C14H27NO2S/c1-6-11(3)15-14(12(16)17-7-2)10-18-9-8-13(14,4)5/h11,15H,6-10H2,1-5H3. The molecular formula is C14H27NO2S. The predicted molar refractivity (Wildman–Crippen MR) is 78.0 cm³/mol. The van der Waals surface area contributed by atoms with Crippen molar-refractivity contribution in [3.8, 4) is 0 Å². The molecule has 1 aliphatic heterocycles. The number of thioether (sulfide) groups is 1. The van der Waals surface area contributed by atoms with Gasteiger partial charge in [0.05, 0.1) is 6.61 Å². The van der Waals surface area contributed by atoms with Crippen LogP contribution in [0.25, 0.3) is 0 Å². The zero-order valence-corrected chi connectivity index (χ0v) is 13.2. The number of ether oxygens (including phenoxy) is 1. The van der Waals surface area contributed by atoms with Crippen molar-refractivity contribution in [2.75, 3.05) is 18.1 Å². The molecule has 0 aromatic carbocycles. The molecule has 0 bridgehead atoms. The van der Waals surface area contributed by atoms with Crippen molar-refractivity contribution in [3.05, 3.63) is 0 Å². The van der Waals surface area contributed by atoms with Crippen LogP contribution in [0.3, 0.4) is 0 Å². The summed E-state index contributed by atoms with van der Waals surface area (Å²) in [6, 6.07) is 0.326. The molecule has 1 rings (SSSR count). The lowest BCUT2D eigenvalue weighted by molar-refractivity contribution is -0.156. The highest BCUT2D eigenvalue weighted by molar-refractivity contribution is 7.99. The van der Waals surface area contributed by atoms with Gasteiger partial charge < -0.3 is 4.74 Å². The minimum atomic E-state index is -0.540. The van der Waals surface area contributed by atoms with Gasteiger partial charge in [0.1, 0.15) is 5.54 Å². The van der Waals surface area contributed by atoms with Crippen LogP contribution in [-0.2, 0) is 9.53 Å². The van der Waals surface area contributed by atoms with Crippen LogP contribution in [0.4, 0.5) is 0 Å². The zero-order valence-electron chi connectivity index (χ0n) is 12.3. The summed E-state index contributed by atoms with van der Waals surface area (Å²) >= 11 is 1.85. The number of rotatable bonds is 5. The molecule has 18 heavy (non-hydrogen) atoms. The highest BCUT2D eigenvalue weighted by Crippen LogP contribution is 2.43. The van der Waals surface area contributed by atoms with E-state index in [1.807, 2.05) is 18.7 Å². The third kappa shape index (κ3) is 3.02.